The van der Waals surface area contributed by atoms with Crippen molar-refractivity contribution in [1.82, 2.24) is 10.6 Å². The maximum Gasteiger partial charge on any atom is 0.279 e. The minimum atomic E-state index is -0.783. The predicted octanol–water partition coefficient (Wildman–Crippen LogP) is 10.6. The summed E-state index contributed by atoms with van der Waals surface area (Å²) in [6.07, 6.45) is 34.4. The second kappa shape index (κ2) is 29.6. The van der Waals surface area contributed by atoms with E-state index >= 15 is 0 Å². The Morgan fingerprint density at radius 2 is 0.822 bits per heavy atom. The molecule has 1 saturated carbocycles. The zero-order chi connectivity index (χ0) is 32.8. The minimum absolute atomic E-state index is 0.304. The first-order chi connectivity index (χ1) is 22.0. The Kier molecular flexibility index (Phi) is 27.2. The van der Waals surface area contributed by atoms with Gasteiger partial charge >= 0.3 is 0 Å². The summed E-state index contributed by atoms with van der Waals surface area (Å²) in [6, 6.07) is -0.703. The van der Waals surface area contributed by atoms with Crippen LogP contribution < -0.4 is 10.6 Å². The molecule has 1 aliphatic rings. The number of amides is 2. The molecule has 5 nitrogen and oxygen atoms in total. The number of hydrogen-bond donors (Lipinski definition) is 3. The van der Waals surface area contributed by atoms with Crippen molar-refractivity contribution in [2.75, 3.05) is 6.61 Å². The second-order valence-corrected chi connectivity index (χ2v) is 13.3. The number of allylic oxidation sites excluding steroid dienone is 2. The van der Waals surface area contributed by atoms with Gasteiger partial charge < -0.3 is 15.7 Å². The Hall–Kier alpha value is -1.76. The van der Waals surface area contributed by atoms with E-state index in [0.717, 1.165) is 51.4 Å². The van der Waals surface area contributed by atoms with Crippen molar-refractivity contribution in [1.29, 1.82) is 0 Å². The van der Waals surface area contributed by atoms with Gasteiger partial charge in [-0.15, -0.1) is 0 Å². The molecule has 0 saturated heterocycles. The highest BCUT2D eigenvalue weighted by Gasteiger charge is 2.40. The van der Waals surface area contributed by atoms with Crippen molar-refractivity contribution < 1.29 is 23.5 Å². The second-order valence-electron chi connectivity index (χ2n) is 13.3. The summed E-state index contributed by atoms with van der Waals surface area (Å²) in [6.45, 7) is 2.55. The molecule has 1 aliphatic carbocycles. The van der Waals surface area contributed by atoms with Gasteiger partial charge in [-0.2, -0.15) is 0 Å². The van der Waals surface area contributed by atoms with Crippen molar-refractivity contribution in [2.45, 2.75) is 199 Å². The van der Waals surface area contributed by atoms with Gasteiger partial charge in [-0.1, -0.05) is 148 Å². The summed E-state index contributed by atoms with van der Waals surface area (Å²) >= 11 is 0. The van der Waals surface area contributed by atoms with Crippen molar-refractivity contribution in [3.05, 3.63) is 23.8 Å². The predicted molar refractivity (Wildman–Crippen MR) is 184 cm³/mol. The average molecular weight is 639 g/mol. The van der Waals surface area contributed by atoms with E-state index in [9.17, 15) is 18.4 Å². The summed E-state index contributed by atoms with van der Waals surface area (Å²) in [5.74, 6) is -3.07. The molecule has 0 radical (unpaired) electrons. The molecular weight excluding hydrogens is 570 g/mol. The van der Waals surface area contributed by atoms with Crippen LogP contribution in [-0.4, -0.2) is 35.6 Å². The van der Waals surface area contributed by atoms with Crippen LogP contribution in [0.1, 0.15) is 187 Å². The van der Waals surface area contributed by atoms with Gasteiger partial charge in [-0.25, -0.2) is 8.78 Å². The van der Waals surface area contributed by atoms with Gasteiger partial charge in [-0.3, -0.25) is 9.59 Å². The average Bonchev–Trinajstić information content (AvgIpc) is 3.77. The molecule has 0 bridgehead atoms. The quantitative estimate of drug-likeness (QED) is 0.0507. The lowest BCUT2D eigenvalue weighted by molar-refractivity contribution is -0.120. The van der Waals surface area contributed by atoms with Gasteiger partial charge in [0.1, 0.15) is 0 Å². The van der Waals surface area contributed by atoms with Gasteiger partial charge in [0, 0.05) is 6.61 Å². The van der Waals surface area contributed by atoms with Crippen LogP contribution in [0.2, 0.25) is 0 Å². The number of nitrogens with one attached hydrogen (secondary N) is 2. The highest BCUT2D eigenvalue weighted by atomic mass is 19.1. The standard InChI is InChI=1S/C38H68F2N2O3/c1-2-3-4-5-6-7-8-9-11-14-17-20-23-26-29-33(39)37(44)41-35-32-36(35)42-38(45)34(40)30-27-24-21-18-15-12-10-13-16-19-22-25-28-31-43/h29-30,35-36,43H,2-28,31-32H2,1H3,(H,41,44)(H,42,45)/b33-29+,34-30+/t35-,36+/m1/s1. The van der Waals surface area contributed by atoms with Crippen LogP contribution in [-0.2, 0) is 9.59 Å². The molecule has 7 heteroatoms. The van der Waals surface area contributed by atoms with Gasteiger partial charge in [0.2, 0.25) is 0 Å². The first kappa shape index (κ1) is 41.3. The highest BCUT2D eigenvalue weighted by Crippen LogP contribution is 2.23. The lowest BCUT2D eigenvalue weighted by atomic mass is 10.0. The van der Waals surface area contributed by atoms with Crippen molar-refractivity contribution in [2.24, 2.45) is 0 Å². The summed E-state index contributed by atoms with van der Waals surface area (Å²) in [7, 11) is 0. The number of carbonyl (C=O) groups is 2. The molecule has 0 aromatic carbocycles. The Morgan fingerprint density at radius 1 is 0.533 bits per heavy atom. The fourth-order valence-electron chi connectivity index (χ4n) is 5.82. The zero-order valence-electron chi connectivity index (χ0n) is 28.8. The number of halogens is 2. The third kappa shape index (κ3) is 25.1. The number of aliphatic hydroxyl groups is 1. The molecule has 0 spiro atoms. The van der Waals surface area contributed by atoms with E-state index < -0.39 is 23.5 Å². The maximum absolute atomic E-state index is 14.2. The number of aliphatic hydroxyl groups excluding tert-OH is 1. The smallest absolute Gasteiger partial charge is 0.279 e. The van der Waals surface area contributed by atoms with Gasteiger partial charge in [0.15, 0.2) is 11.7 Å². The van der Waals surface area contributed by atoms with Crippen LogP contribution in [0.4, 0.5) is 8.78 Å². The van der Waals surface area contributed by atoms with Gasteiger partial charge in [-0.05, 0) is 50.7 Å². The van der Waals surface area contributed by atoms with Crippen LogP contribution in [0.5, 0.6) is 0 Å². The molecule has 1 rings (SSSR count). The number of hydrogen-bond acceptors (Lipinski definition) is 3. The normalized spacial score (nSPS) is 16.6. The van der Waals surface area contributed by atoms with Crippen LogP contribution in [0, 0.1) is 0 Å². The van der Waals surface area contributed by atoms with E-state index in [0.29, 0.717) is 25.9 Å². The fourth-order valence-corrected chi connectivity index (χ4v) is 5.82. The topological polar surface area (TPSA) is 78.4 Å². The molecule has 0 heterocycles. The first-order valence-corrected chi connectivity index (χ1v) is 18.9. The first-order valence-electron chi connectivity index (χ1n) is 18.9. The van der Waals surface area contributed by atoms with E-state index in [2.05, 4.69) is 17.6 Å². The zero-order valence-corrected chi connectivity index (χ0v) is 28.8. The number of unbranched alkanes of at least 4 members (excludes halogenated alkanes) is 25. The fraction of sp³-hybridized carbons (Fsp3) is 0.842. The van der Waals surface area contributed by atoms with E-state index in [4.69, 9.17) is 5.11 Å². The molecule has 45 heavy (non-hydrogen) atoms. The Labute approximate surface area is 274 Å². The maximum atomic E-state index is 14.2. The van der Waals surface area contributed by atoms with Crippen LogP contribution in [0.3, 0.4) is 0 Å². The molecule has 3 N–H and O–H groups in total. The SMILES string of the molecule is CCCCCCCCCCCCCCC/C=C(/F)C(=O)N[C@@H]1C[C@@H]1NC(=O)/C(F)=C\CCCCCCCCCCCCCCO. The minimum Gasteiger partial charge on any atom is -0.396 e. The summed E-state index contributed by atoms with van der Waals surface area (Å²) < 4.78 is 28.4. The summed E-state index contributed by atoms with van der Waals surface area (Å²) in [5, 5.41) is 14.0. The molecule has 2 amide bonds. The Balaban J connectivity index is 1.98. The molecular formula is C38H68F2N2O3. The largest absolute Gasteiger partial charge is 0.396 e. The van der Waals surface area contributed by atoms with Crippen molar-refractivity contribution in [3.8, 4) is 0 Å². The monoisotopic (exact) mass is 639 g/mol. The Bertz CT molecular complexity index is 738. The molecule has 0 aliphatic heterocycles. The Morgan fingerprint density at radius 3 is 1.13 bits per heavy atom. The van der Waals surface area contributed by atoms with Gasteiger partial charge in [0.25, 0.3) is 11.8 Å². The number of rotatable bonds is 32. The molecule has 0 aromatic heterocycles. The van der Waals surface area contributed by atoms with E-state index in [1.54, 1.807) is 0 Å². The number of carbonyl (C=O) groups excluding carboxylic acids is 2. The van der Waals surface area contributed by atoms with Crippen molar-refractivity contribution in [3.63, 3.8) is 0 Å². The van der Waals surface area contributed by atoms with Crippen LogP contribution >= 0.6 is 0 Å². The van der Waals surface area contributed by atoms with Crippen molar-refractivity contribution >= 4 is 11.8 Å². The summed E-state index contributed by atoms with van der Waals surface area (Å²) in [4.78, 5) is 24.2. The van der Waals surface area contributed by atoms with Crippen LogP contribution in [0.25, 0.3) is 0 Å². The van der Waals surface area contributed by atoms with Crippen LogP contribution in [0.15, 0.2) is 23.8 Å². The van der Waals surface area contributed by atoms with E-state index in [1.165, 1.54) is 121 Å². The lowest BCUT2D eigenvalue weighted by Crippen LogP contribution is -2.35. The molecule has 262 valence electrons. The molecule has 1 fully saturated rings. The third-order valence-electron chi connectivity index (χ3n) is 8.92. The van der Waals surface area contributed by atoms with E-state index in [-0.39, 0.29) is 12.1 Å². The lowest BCUT2D eigenvalue weighted by Gasteiger charge is -2.05. The van der Waals surface area contributed by atoms with Gasteiger partial charge in [0.05, 0.1) is 12.1 Å². The molecule has 0 aromatic rings. The highest BCUT2D eigenvalue weighted by molar-refractivity contribution is 5.93. The molecule has 0 unspecified atom stereocenters. The summed E-state index contributed by atoms with van der Waals surface area (Å²) in [5.41, 5.74) is 0. The molecule has 2 atom stereocenters. The third-order valence-corrected chi connectivity index (χ3v) is 8.92. The van der Waals surface area contributed by atoms with E-state index in [1.807, 2.05) is 0 Å².